The van der Waals surface area contributed by atoms with Crippen LogP contribution in [0.5, 0.6) is 0 Å². The van der Waals surface area contributed by atoms with Crippen LogP contribution < -0.4 is 5.32 Å². The van der Waals surface area contributed by atoms with Gasteiger partial charge in [-0.3, -0.25) is 4.79 Å². The zero-order chi connectivity index (χ0) is 12.4. The monoisotopic (exact) mass is 227 g/mol. The van der Waals surface area contributed by atoms with Crippen molar-refractivity contribution in [2.45, 2.75) is 65.0 Å². The highest BCUT2D eigenvalue weighted by Gasteiger charge is 2.38. The molecular weight excluding hydrogens is 202 g/mol. The summed E-state index contributed by atoms with van der Waals surface area (Å²) >= 11 is 0. The molecule has 0 unspecified atom stereocenters. The van der Waals surface area contributed by atoms with Gasteiger partial charge in [0, 0.05) is 17.5 Å². The summed E-state index contributed by atoms with van der Waals surface area (Å²) in [5.74, 6) is 0.381. The summed E-state index contributed by atoms with van der Waals surface area (Å²) in [4.78, 5) is 11.5. The maximum atomic E-state index is 11.5. The lowest BCUT2D eigenvalue weighted by molar-refractivity contribution is -0.144. The summed E-state index contributed by atoms with van der Waals surface area (Å²) in [7, 11) is 0. The van der Waals surface area contributed by atoms with Gasteiger partial charge in [0.1, 0.15) is 0 Å². The molecule has 0 saturated carbocycles. The third-order valence-electron chi connectivity index (χ3n) is 3.04. The van der Waals surface area contributed by atoms with E-state index in [2.05, 4.69) is 33.0 Å². The first-order valence-electron chi connectivity index (χ1n) is 6.19. The molecule has 0 radical (unpaired) electrons. The highest BCUT2D eigenvalue weighted by atomic mass is 16.5. The van der Waals surface area contributed by atoms with E-state index in [1.54, 1.807) is 0 Å². The fourth-order valence-electron chi connectivity index (χ4n) is 3.13. The van der Waals surface area contributed by atoms with Crippen LogP contribution in [0.25, 0.3) is 0 Å². The maximum Gasteiger partial charge on any atom is 0.306 e. The smallest absolute Gasteiger partial charge is 0.306 e. The van der Waals surface area contributed by atoms with Crippen LogP contribution in [0.4, 0.5) is 0 Å². The second-order valence-corrected chi connectivity index (χ2v) is 6.18. The second kappa shape index (κ2) is 4.74. The molecule has 0 atom stereocenters. The Labute approximate surface area is 98.9 Å². The van der Waals surface area contributed by atoms with E-state index in [0.717, 1.165) is 12.8 Å². The van der Waals surface area contributed by atoms with Gasteiger partial charge in [-0.1, -0.05) is 0 Å². The number of hydrogen-bond donors (Lipinski definition) is 1. The van der Waals surface area contributed by atoms with Crippen molar-refractivity contribution in [1.82, 2.24) is 5.32 Å². The molecule has 3 nitrogen and oxygen atoms in total. The molecule has 3 heteroatoms. The number of nitrogens with one attached hydrogen (secondary N) is 1. The molecule has 0 aromatic carbocycles. The predicted molar refractivity (Wildman–Crippen MR) is 65.3 cm³/mol. The van der Waals surface area contributed by atoms with E-state index in [-0.39, 0.29) is 17.0 Å². The molecule has 0 aliphatic carbocycles. The van der Waals surface area contributed by atoms with Gasteiger partial charge < -0.3 is 10.1 Å². The Bertz CT molecular complexity index is 243. The minimum Gasteiger partial charge on any atom is -0.466 e. The summed E-state index contributed by atoms with van der Waals surface area (Å²) in [6.45, 7) is 11.1. The fourth-order valence-corrected chi connectivity index (χ4v) is 3.13. The van der Waals surface area contributed by atoms with Crippen molar-refractivity contribution < 1.29 is 9.53 Å². The number of piperidine rings is 1. The Morgan fingerprint density at radius 1 is 1.25 bits per heavy atom. The molecule has 16 heavy (non-hydrogen) atoms. The van der Waals surface area contributed by atoms with E-state index < -0.39 is 0 Å². The van der Waals surface area contributed by atoms with Gasteiger partial charge in [-0.15, -0.1) is 0 Å². The van der Waals surface area contributed by atoms with E-state index in [4.69, 9.17) is 4.74 Å². The van der Waals surface area contributed by atoms with Crippen LogP contribution >= 0.6 is 0 Å². The van der Waals surface area contributed by atoms with Crippen LogP contribution in [0.3, 0.4) is 0 Å². The van der Waals surface area contributed by atoms with Gasteiger partial charge in [0.2, 0.25) is 0 Å². The quantitative estimate of drug-likeness (QED) is 0.753. The fraction of sp³-hybridized carbons (Fsp3) is 0.923. The highest BCUT2D eigenvalue weighted by Crippen LogP contribution is 2.34. The molecule has 94 valence electrons. The average Bonchev–Trinajstić information content (AvgIpc) is 1.96. The van der Waals surface area contributed by atoms with Gasteiger partial charge in [0.05, 0.1) is 6.61 Å². The Hall–Kier alpha value is -0.570. The normalized spacial score (nSPS) is 24.1. The van der Waals surface area contributed by atoms with Crippen LogP contribution in [0, 0.1) is 5.92 Å². The first-order chi connectivity index (χ1) is 7.24. The lowest BCUT2D eigenvalue weighted by atomic mass is 9.75. The Kier molecular flexibility index (Phi) is 4.00. The molecule has 1 N–H and O–H groups in total. The summed E-state index contributed by atoms with van der Waals surface area (Å²) < 4.78 is 5.02. The molecule has 1 fully saturated rings. The first kappa shape index (κ1) is 13.5. The SMILES string of the molecule is CCOC(=O)CC1CC(C)(C)NC(C)(C)C1. The van der Waals surface area contributed by atoms with Gasteiger partial charge in [-0.25, -0.2) is 0 Å². The van der Waals surface area contributed by atoms with Crippen LogP contribution in [-0.4, -0.2) is 23.7 Å². The van der Waals surface area contributed by atoms with Gasteiger partial charge in [0.15, 0.2) is 0 Å². The zero-order valence-corrected chi connectivity index (χ0v) is 11.2. The van der Waals surface area contributed by atoms with Crippen molar-refractivity contribution in [2.75, 3.05) is 6.61 Å². The summed E-state index contributed by atoms with van der Waals surface area (Å²) in [6.07, 6.45) is 2.63. The molecule has 0 amide bonds. The van der Waals surface area contributed by atoms with Crippen molar-refractivity contribution in [1.29, 1.82) is 0 Å². The second-order valence-electron chi connectivity index (χ2n) is 6.18. The van der Waals surface area contributed by atoms with Crippen molar-refractivity contribution in [2.24, 2.45) is 5.92 Å². The van der Waals surface area contributed by atoms with E-state index >= 15 is 0 Å². The maximum absolute atomic E-state index is 11.5. The molecule has 0 bridgehead atoms. The van der Waals surface area contributed by atoms with E-state index in [0.29, 0.717) is 18.9 Å². The Morgan fingerprint density at radius 3 is 2.19 bits per heavy atom. The summed E-state index contributed by atoms with van der Waals surface area (Å²) in [5.41, 5.74) is 0.220. The first-order valence-corrected chi connectivity index (χ1v) is 6.19. The Morgan fingerprint density at radius 2 is 1.75 bits per heavy atom. The molecule has 1 heterocycles. The van der Waals surface area contributed by atoms with E-state index in [1.165, 1.54) is 0 Å². The lowest BCUT2D eigenvalue weighted by Crippen LogP contribution is -2.58. The topological polar surface area (TPSA) is 38.3 Å². The molecule has 1 aliphatic rings. The van der Waals surface area contributed by atoms with Crippen LogP contribution in [0.15, 0.2) is 0 Å². The zero-order valence-electron chi connectivity index (χ0n) is 11.2. The molecule has 1 rings (SSSR count). The minimum atomic E-state index is -0.0546. The standard InChI is InChI=1S/C13H25NO2/c1-6-16-11(15)7-10-8-12(2,3)14-13(4,5)9-10/h10,14H,6-9H2,1-5H3. The average molecular weight is 227 g/mol. The van der Waals surface area contributed by atoms with Crippen LogP contribution in [0.2, 0.25) is 0 Å². The largest absolute Gasteiger partial charge is 0.466 e. The Balaban J connectivity index is 2.57. The number of carbonyl (C=O) groups is 1. The third-order valence-corrected chi connectivity index (χ3v) is 3.04. The van der Waals surface area contributed by atoms with Gasteiger partial charge in [-0.2, -0.15) is 0 Å². The number of hydrogen-bond acceptors (Lipinski definition) is 3. The highest BCUT2D eigenvalue weighted by molar-refractivity contribution is 5.69. The summed E-state index contributed by atoms with van der Waals surface area (Å²) in [6, 6.07) is 0. The van der Waals surface area contributed by atoms with Crippen LogP contribution in [-0.2, 0) is 9.53 Å². The number of esters is 1. The lowest BCUT2D eigenvalue weighted by Gasteiger charge is -2.46. The van der Waals surface area contributed by atoms with Gasteiger partial charge >= 0.3 is 5.97 Å². The minimum absolute atomic E-state index is 0.0546. The van der Waals surface area contributed by atoms with Crippen molar-refractivity contribution in [3.05, 3.63) is 0 Å². The van der Waals surface area contributed by atoms with Gasteiger partial charge in [-0.05, 0) is 53.4 Å². The number of ether oxygens (including phenoxy) is 1. The predicted octanol–water partition coefficient (Wildman–Crippen LogP) is 2.50. The molecule has 1 aliphatic heterocycles. The molecule has 1 saturated heterocycles. The molecular formula is C13H25NO2. The van der Waals surface area contributed by atoms with Crippen LogP contribution in [0.1, 0.15) is 53.9 Å². The van der Waals surface area contributed by atoms with Crippen molar-refractivity contribution in [3.8, 4) is 0 Å². The third kappa shape index (κ3) is 4.12. The molecule has 0 aromatic rings. The molecule has 0 aromatic heterocycles. The molecule has 0 spiro atoms. The van der Waals surface area contributed by atoms with Crippen molar-refractivity contribution >= 4 is 5.97 Å². The van der Waals surface area contributed by atoms with Gasteiger partial charge in [0.25, 0.3) is 0 Å². The van der Waals surface area contributed by atoms with E-state index in [1.807, 2.05) is 6.92 Å². The number of rotatable bonds is 3. The van der Waals surface area contributed by atoms with E-state index in [9.17, 15) is 4.79 Å². The number of carbonyl (C=O) groups excluding carboxylic acids is 1. The summed E-state index contributed by atoms with van der Waals surface area (Å²) in [5, 5.41) is 3.62. The van der Waals surface area contributed by atoms with Crippen molar-refractivity contribution in [3.63, 3.8) is 0 Å².